The number of nitrogens with one attached hydrogen (secondary N) is 4. The quantitative estimate of drug-likeness (QED) is 0.512. The zero-order chi connectivity index (χ0) is 16.9. The number of amides is 2. The van der Waals surface area contributed by atoms with Crippen LogP contribution >= 0.6 is 0 Å². The summed E-state index contributed by atoms with van der Waals surface area (Å²) in [5, 5.41) is 12.3. The molecule has 0 saturated carbocycles. The van der Waals surface area contributed by atoms with Crippen LogP contribution in [0.3, 0.4) is 0 Å². The molecule has 0 bridgehead atoms. The molecule has 0 fully saturated rings. The fraction of sp³-hybridized carbons (Fsp3) is 0. The van der Waals surface area contributed by atoms with E-state index >= 15 is 0 Å². The molecule has 0 atom stereocenters. The molecule has 0 aliphatic heterocycles. The van der Waals surface area contributed by atoms with E-state index in [4.69, 9.17) is 0 Å². The molecule has 120 valence electrons. The van der Waals surface area contributed by atoms with E-state index in [1.54, 1.807) is 6.07 Å². The van der Waals surface area contributed by atoms with Gasteiger partial charge >= 0.3 is 0 Å². The average Bonchev–Trinajstić information content (AvgIpc) is 3.11. The van der Waals surface area contributed by atoms with Crippen LogP contribution in [0.1, 0.15) is 21.0 Å². The first-order valence-electron chi connectivity index (χ1n) is 6.91. The molecule has 1 aromatic carbocycles. The van der Waals surface area contributed by atoms with Crippen LogP contribution in [-0.2, 0) is 0 Å². The third-order valence-electron chi connectivity index (χ3n) is 3.09. The minimum atomic E-state index is -0.664. The number of benzene rings is 1. The number of carbonyl (C=O) groups excluding carboxylic acids is 2. The molecule has 4 N–H and O–H groups in total. The van der Waals surface area contributed by atoms with E-state index < -0.39 is 17.4 Å². The Balaban J connectivity index is 1.63. The van der Waals surface area contributed by atoms with Crippen molar-refractivity contribution in [2.24, 2.45) is 0 Å². The number of rotatable bonds is 3. The third-order valence-corrected chi connectivity index (χ3v) is 3.09. The van der Waals surface area contributed by atoms with Gasteiger partial charge in [0.25, 0.3) is 17.4 Å². The predicted octanol–water partition coefficient (Wildman–Crippen LogP) is 0.235. The van der Waals surface area contributed by atoms with Crippen LogP contribution in [0.15, 0.2) is 53.3 Å². The Bertz CT molecular complexity index is 911. The van der Waals surface area contributed by atoms with E-state index in [1.165, 1.54) is 6.07 Å². The van der Waals surface area contributed by atoms with Gasteiger partial charge in [0.05, 0.1) is 5.69 Å². The van der Waals surface area contributed by atoms with Crippen LogP contribution in [0.25, 0.3) is 11.3 Å². The lowest BCUT2D eigenvalue weighted by Gasteiger charge is -2.04. The molecule has 0 unspecified atom stereocenters. The average molecular weight is 324 g/mol. The fourth-order valence-electron chi connectivity index (χ4n) is 1.91. The number of hydrogen-bond acceptors (Lipinski definition) is 5. The van der Waals surface area contributed by atoms with Crippen LogP contribution in [0, 0.1) is 0 Å². The summed E-state index contributed by atoms with van der Waals surface area (Å²) in [5.74, 6) is -1.23. The van der Waals surface area contributed by atoms with Gasteiger partial charge in [-0.25, -0.2) is 5.10 Å². The van der Waals surface area contributed by atoms with Gasteiger partial charge in [0.15, 0.2) is 5.69 Å². The summed E-state index contributed by atoms with van der Waals surface area (Å²) in [7, 11) is 0. The highest BCUT2D eigenvalue weighted by Gasteiger charge is 2.13. The van der Waals surface area contributed by atoms with Gasteiger partial charge in [-0.2, -0.15) is 10.2 Å². The molecule has 2 amide bonds. The lowest BCUT2D eigenvalue weighted by atomic mass is 10.1. The molecular weight excluding hydrogens is 312 g/mol. The van der Waals surface area contributed by atoms with Crippen molar-refractivity contribution >= 4 is 11.8 Å². The largest absolute Gasteiger partial charge is 0.290 e. The zero-order valence-electron chi connectivity index (χ0n) is 12.2. The Hall–Kier alpha value is -3.75. The molecule has 2 heterocycles. The van der Waals surface area contributed by atoms with Crippen molar-refractivity contribution in [1.82, 2.24) is 31.2 Å². The Morgan fingerprint density at radius 1 is 0.875 bits per heavy atom. The molecule has 0 radical (unpaired) electrons. The summed E-state index contributed by atoms with van der Waals surface area (Å²) in [5.41, 5.74) is 5.61. The SMILES string of the molecule is O=C(NNC(=O)c1cc(-c2ccccc2)n[nH]1)c1ccc(=O)[nH]n1. The second kappa shape index (κ2) is 6.57. The summed E-state index contributed by atoms with van der Waals surface area (Å²) >= 11 is 0. The second-order valence-electron chi connectivity index (χ2n) is 4.75. The third kappa shape index (κ3) is 3.35. The minimum absolute atomic E-state index is 0.0375. The lowest BCUT2D eigenvalue weighted by molar-refractivity contribution is 0.0840. The molecule has 9 heteroatoms. The molecular formula is C15H12N6O3. The second-order valence-corrected chi connectivity index (χ2v) is 4.75. The summed E-state index contributed by atoms with van der Waals surface area (Å²) in [6.45, 7) is 0. The van der Waals surface area contributed by atoms with Crippen LogP contribution in [0.2, 0.25) is 0 Å². The smallest absolute Gasteiger partial charge is 0.272 e. The maximum atomic E-state index is 12.0. The molecule has 3 aromatic rings. The van der Waals surface area contributed by atoms with Crippen molar-refractivity contribution in [2.45, 2.75) is 0 Å². The van der Waals surface area contributed by atoms with Crippen LogP contribution in [-0.4, -0.2) is 32.2 Å². The normalized spacial score (nSPS) is 10.2. The van der Waals surface area contributed by atoms with Gasteiger partial charge in [0.2, 0.25) is 0 Å². The topological polar surface area (TPSA) is 133 Å². The first-order valence-corrected chi connectivity index (χ1v) is 6.91. The molecule has 0 aliphatic rings. The van der Waals surface area contributed by atoms with Gasteiger partial charge in [0, 0.05) is 11.6 Å². The first-order chi connectivity index (χ1) is 11.6. The highest BCUT2D eigenvalue weighted by atomic mass is 16.2. The molecule has 0 aliphatic carbocycles. The van der Waals surface area contributed by atoms with Gasteiger partial charge in [-0.1, -0.05) is 30.3 Å². The van der Waals surface area contributed by atoms with Gasteiger partial charge in [-0.3, -0.25) is 30.3 Å². The van der Waals surface area contributed by atoms with Gasteiger partial charge in [0.1, 0.15) is 5.69 Å². The molecule has 2 aromatic heterocycles. The minimum Gasteiger partial charge on any atom is -0.272 e. The van der Waals surface area contributed by atoms with E-state index in [1.807, 2.05) is 30.3 Å². The van der Waals surface area contributed by atoms with E-state index in [-0.39, 0.29) is 11.4 Å². The Morgan fingerprint density at radius 3 is 2.33 bits per heavy atom. The van der Waals surface area contributed by atoms with Gasteiger partial charge in [-0.05, 0) is 12.1 Å². The van der Waals surface area contributed by atoms with Crippen molar-refractivity contribution in [2.75, 3.05) is 0 Å². The van der Waals surface area contributed by atoms with Crippen LogP contribution in [0.4, 0.5) is 0 Å². The van der Waals surface area contributed by atoms with Crippen molar-refractivity contribution in [3.63, 3.8) is 0 Å². The van der Waals surface area contributed by atoms with Crippen LogP contribution < -0.4 is 16.4 Å². The monoisotopic (exact) mass is 324 g/mol. The maximum Gasteiger partial charge on any atom is 0.290 e. The Kier molecular flexibility index (Phi) is 4.15. The van der Waals surface area contributed by atoms with Gasteiger partial charge < -0.3 is 0 Å². The van der Waals surface area contributed by atoms with Crippen molar-refractivity contribution in [1.29, 1.82) is 0 Å². The Labute approximate surface area is 135 Å². The molecule has 0 saturated heterocycles. The lowest BCUT2D eigenvalue weighted by Crippen LogP contribution is -2.42. The summed E-state index contributed by atoms with van der Waals surface area (Å²) in [4.78, 5) is 34.7. The van der Waals surface area contributed by atoms with Gasteiger partial charge in [-0.15, -0.1) is 0 Å². The van der Waals surface area contributed by atoms with E-state index in [0.29, 0.717) is 5.69 Å². The number of aromatic amines is 2. The molecule has 0 spiro atoms. The standard InChI is InChI=1S/C15H12N6O3/c22-13-7-6-10(16-19-13)14(23)20-21-15(24)12-8-11(17-18-12)9-4-2-1-3-5-9/h1-8H,(H,17,18)(H,19,22)(H,20,23)(H,21,24). The fourth-order valence-corrected chi connectivity index (χ4v) is 1.91. The van der Waals surface area contributed by atoms with Crippen molar-refractivity contribution < 1.29 is 9.59 Å². The first kappa shape index (κ1) is 15.2. The van der Waals surface area contributed by atoms with E-state index in [2.05, 4.69) is 31.2 Å². The summed E-state index contributed by atoms with van der Waals surface area (Å²) in [6.07, 6.45) is 0. The van der Waals surface area contributed by atoms with Crippen molar-refractivity contribution in [3.05, 3.63) is 70.3 Å². The molecule has 24 heavy (non-hydrogen) atoms. The number of carbonyl (C=O) groups is 2. The zero-order valence-corrected chi connectivity index (χ0v) is 12.2. The predicted molar refractivity (Wildman–Crippen MR) is 83.8 cm³/mol. The number of H-pyrrole nitrogens is 2. The highest BCUT2D eigenvalue weighted by Crippen LogP contribution is 2.16. The van der Waals surface area contributed by atoms with Crippen LogP contribution in [0.5, 0.6) is 0 Å². The highest BCUT2D eigenvalue weighted by molar-refractivity contribution is 5.97. The number of hydrazine groups is 1. The number of nitrogens with zero attached hydrogens (tertiary/aromatic N) is 2. The van der Waals surface area contributed by atoms with Crippen molar-refractivity contribution in [3.8, 4) is 11.3 Å². The molecule has 3 rings (SSSR count). The number of hydrogen-bond donors (Lipinski definition) is 4. The summed E-state index contributed by atoms with van der Waals surface area (Å²) in [6, 6.07) is 13.3. The number of aromatic nitrogens is 4. The van der Waals surface area contributed by atoms with E-state index in [9.17, 15) is 14.4 Å². The summed E-state index contributed by atoms with van der Waals surface area (Å²) < 4.78 is 0. The Morgan fingerprint density at radius 2 is 1.62 bits per heavy atom. The molecule has 9 nitrogen and oxygen atoms in total. The van der Waals surface area contributed by atoms with E-state index in [0.717, 1.165) is 11.6 Å². The maximum absolute atomic E-state index is 12.0.